The van der Waals surface area contributed by atoms with Crippen molar-refractivity contribution < 1.29 is 0 Å². The fourth-order valence-electron chi connectivity index (χ4n) is 2.06. The first-order chi connectivity index (χ1) is 8.77. The van der Waals surface area contributed by atoms with Gasteiger partial charge in [-0.15, -0.1) is 6.42 Å². The number of hydrogen-bond acceptors (Lipinski definition) is 0. The summed E-state index contributed by atoms with van der Waals surface area (Å²) in [5.74, 6) is 2.75. The summed E-state index contributed by atoms with van der Waals surface area (Å²) >= 11 is 0. The van der Waals surface area contributed by atoms with Gasteiger partial charge in [0.05, 0.1) is 0 Å². The molecule has 0 unspecified atom stereocenters. The van der Waals surface area contributed by atoms with E-state index in [1.165, 1.54) is 43.2 Å². The number of benzene rings is 1. The summed E-state index contributed by atoms with van der Waals surface area (Å²) in [5, 5.41) is 0. The molecule has 0 saturated heterocycles. The lowest BCUT2D eigenvalue weighted by Gasteiger charge is -2.04. The van der Waals surface area contributed by atoms with E-state index in [9.17, 15) is 0 Å². The first-order valence-corrected chi connectivity index (χ1v) is 6.98. The van der Waals surface area contributed by atoms with Crippen LogP contribution in [0.25, 0.3) is 0 Å². The molecule has 0 saturated carbocycles. The molecule has 0 heteroatoms. The van der Waals surface area contributed by atoms with Gasteiger partial charge in [-0.05, 0) is 37.8 Å². The van der Waals surface area contributed by atoms with E-state index in [1.807, 2.05) is 12.1 Å². The van der Waals surface area contributed by atoms with Crippen LogP contribution in [0.4, 0.5) is 0 Å². The summed E-state index contributed by atoms with van der Waals surface area (Å²) in [6.45, 7) is 4.48. The Kier molecular flexibility index (Phi) is 6.96. The smallest absolute Gasteiger partial charge is 0.0277 e. The SMILES string of the molecule is C#Cc1ccccc1C/C=C(/C)CCCCCC. The van der Waals surface area contributed by atoms with E-state index < -0.39 is 0 Å². The monoisotopic (exact) mass is 240 g/mol. The minimum atomic E-state index is 0.958. The predicted octanol–water partition coefficient (Wildman–Crippen LogP) is 5.13. The van der Waals surface area contributed by atoms with Gasteiger partial charge in [-0.2, -0.15) is 0 Å². The maximum atomic E-state index is 5.50. The van der Waals surface area contributed by atoms with Crippen LogP contribution in [0.5, 0.6) is 0 Å². The standard InChI is InChI=1S/C18H24/c1-4-6-7-8-11-16(3)14-15-18-13-10-9-12-17(18)5-2/h2,9-10,12-14H,4,6-8,11,15H2,1,3H3/b16-14-. The van der Waals surface area contributed by atoms with E-state index in [0.717, 1.165) is 12.0 Å². The topological polar surface area (TPSA) is 0 Å². The summed E-state index contributed by atoms with van der Waals surface area (Å²) in [7, 11) is 0. The number of terminal acetylenes is 1. The van der Waals surface area contributed by atoms with Crippen molar-refractivity contribution in [2.75, 3.05) is 0 Å². The normalized spacial score (nSPS) is 11.3. The molecular weight excluding hydrogens is 216 g/mol. The third-order valence-corrected chi connectivity index (χ3v) is 3.27. The summed E-state index contributed by atoms with van der Waals surface area (Å²) in [6, 6.07) is 8.19. The van der Waals surface area contributed by atoms with E-state index in [-0.39, 0.29) is 0 Å². The third-order valence-electron chi connectivity index (χ3n) is 3.27. The van der Waals surface area contributed by atoms with Crippen molar-refractivity contribution in [1.29, 1.82) is 0 Å². The van der Waals surface area contributed by atoms with Gasteiger partial charge in [-0.1, -0.05) is 62.0 Å². The highest BCUT2D eigenvalue weighted by molar-refractivity contribution is 5.40. The molecule has 0 bridgehead atoms. The Morgan fingerprint density at radius 1 is 1.22 bits per heavy atom. The van der Waals surface area contributed by atoms with Gasteiger partial charge in [0.2, 0.25) is 0 Å². The van der Waals surface area contributed by atoms with E-state index >= 15 is 0 Å². The summed E-state index contributed by atoms with van der Waals surface area (Å²) < 4.78 is 0. The van der Waals surface area contributed by atoms with Gasteiger partial charge in [0.1, 0.15) is 0 Å². The molecule has 1 aromatic carbocycles. The van der Waals surface area contributed by atoms with Crippen molar-refractivity contribution in [3.63, 3.8) is 0 Å². The molecule has 0 fully saturated rings. The zero-order chi connectivity index (χ0) is 13.2. The average Bonchev–Trinajstić information content (AvgIpc) is 2.41. The average molecular weight is 240 g/mol. The van der Waals surface area contributed by atoms with Crippen molar-refractivity contribution in [1.82, 2.24) is 0 Å². The molecule has 0 radical (unpaired) electrons. The van der Waals surface area contributed by atoms with Gasteiger partial charge in [0, 0.05) is 5.56 Å². The maximum absolute atomic E-state index is 5.50. The molecule has 0 amide bonds. The molecule has 0 heterocycles. The van der Waals surface area contributed by atoms with Crippen LogP contribution in [0.3, 0.4) is 0 Å². The second-order valence-electron chi connectivity index (χ2n) is 4.87. The van der Waals surface area contributed by atoms with Gasteiger partial charge >= 0.3 is 0 Å². The van der Waals surface area contributed by atoms with Crippen LogP contribution < -0.4 is 0 Å². The Hall–Kier alpha value is -1.48. The minimum absolute atomic E-state index is 0.958. The quantitative estimate of drug-likeness (QED) is 0.352. The van der Waals surface area contributed by atoms with E-state index in [4.69, 9.17) is 6.42 Å². The van der Waals surface area contributed by atoms with Crippen LogP contribution in [-0.2, 0) is 6.42 Å². The summed E-state index contributed by atoms with van der Waals surface area (Å²) in [5.41, 5.74) is 3.76. The Labute approximate surface area is 112 Å². The van der Waals surface area contributed by atoms with Gasteiger partial charge in [0.15, 0.2) is 0 Å². The van der Waals surface area contributed by atoms with Crippen LogP contribution in [0.2, 0.25) is 0 Å². The van der Waals surface area contributed by atoms with Crippen LogP contribution in [0.15, 0.2) is 35.9 Å². The van der Waals surface area contributed by atoms with Crippen molar-refractivity contribution >= 4 is 0 Å². The van der Waals surface area contributed by atoms with E-state index in [1.54, 1.807) is 0 Å². The number of hydrogen-bond donors (Lipinski definition) is 0. The van der Waals surface area contributed by atoms with Gasteiger partial charge in [0.25, 0.3) is 0 Å². The first-order valence-electron chi connectivity index (χ1n) is 6.98. The largest absolute Gasteiger partial charge is 0.115 e. The molecule has 96 valence electrons. The third kappa shape index (κ3) is 5.23. The Balaban J connectivity index is 2.45. The number of unbranched alkanes of at least 4 members (excludes halogenated alkanes) is 3. The molecule has 18 heavy (non-hydrogen) atoms. The van der Waals surface area contributed by atoms with E-state index in [2.05, 4.69) is 38.0 Å². The van der Waals surface area contributed by atoms with Crippen LogP contribution >= 0.6 is 0 Å². The number of rotatable bonds is 7. The van der Waals surface area contributed by atoms with Crippen LogP contribution in [-0.4, -0.2) is 0 Å². The highest BCUT2D eigenvalue weighted by Crippen LogP contribution is 2.13. The molecule has 0 aliphatic rings. The van der Waals surface area contributed by atoms with Gasteiger partial charge in [-0.25, -0.2) is 0 Å². The molecule has 0 nitrogen and oxygen atoms in total. The Bertz CT molecular complexity index is 418. The molecule has 0 aliphatic carbocycles. The Morgan fingerprint density at radius 2 is 2.00 bits per heavy atom. The number of allylic oxidation sites excluding steroid dienone is 2. The lowest BCUT2D eigenvalue weighted by atomic mass is 10.0. The maximum Gasteiger partial charge on any atom is 0.0277 e. The second kappa shape index (κ2) is 8.59. The van der Waals surface area contributed by atoms with Crippen molar-refractivity contribution in [3.8, 4) is 12.3 Å². The molecule has 0 N–H and O–H groups in total. The zero-order valence-electron chi connectivity index (χ0n) is 11.7. The van der Waals surface area contributed by atoms with E-state index in [0.29, 0.717) is 0 Å². The summed E-state index contributed by atoms with van der Waals surface area (Å²) in [4.78, 5) is 0. The highest BCUT2D eigenvalue weighted by atomic mass is 14.0. The zero-order valence-corrected chi connectivity index (χ0v) is 11.7. The van der Waals surface area contributed by atoms with Crippen molar-refractivity contribution in [2.45, 2.75) is 52.4 Å². The minimum Gasteiger partial charge on any atom is -0.115 e. The molecule has 0 aromatic heterocycles. The first kappa shape index (κ1) is 14.6. The molecule has 0 aliphatic heterocycles. The highest BCUT2D eigenvalue weighted by Gasteiger charge is 1.97. The van der Waals surface area contributed by atoms with Gasteiger partial charge < -0.3 is 0 Å². The molecular formula is C18H24. The fraction of sp³-hybridized carbons (Fsp3) is 0.444. The second-order valence-corrected chi connectivity index (χ2v) is 4.87. The van der Waals surface area contributed by atoms with Gasteiger partial charge in [-0.3, -0.25) is 0 Å². The molecule has 1 aromatic rings. The van der Waals surface area contributed by atoms with Crippen LogP contribution in [0.1, 0.15) is 57.1 Å². The lowest BCUT2D eigenvalue weighted by molar-refractivity contribution is 0.663. The van der Waals surface area contributed by atoms with Crippen molar-refractivity contribution in [2.24, 2.45) is 0 Å². The predicted molar refractivity (Wildman–Crippen MR) is 80.6 cm³/mol. The fourth-order valence-corrected chi connectivity index (χ4v) is 2.06. The van der Waals surface area contributed by atoms with Crippen molar-refractivity contribution in [3.05, 3.63) is 47.0 Å². The lowest BCUT2D eigenvalue weighted by Crippen LogP contribution is -1.88. The molecule has 0 spiro atoms. The molecule has 1 rings (SSSR count). The summed E-state index contributed by atoms with van der Waals surface area (Å²) in [6.07, 6.45) is 15.3. The Morgan fingerprint density at radius 3 is 2.72 bits per heavy atom. The molecule has 0 atom stereocenters. The van der Waals surface area contributed by atoms with Crippen LogP contribution in [0, 0.1) is 12.3 Å².